The van der Waals surface area contributed by atoms with Gasteiger partial charge in [-0.2, -0.15) is 0 Å². The molecule has 0 bridgehead atoms. The molecule has 0 atom stereocenters. The van der Waals surface area contributed by atoms with Crippen LogP contribution in [0.5, 0.6) is 0 Å². The summed E-state index contributed by atoms with van der Waals surface area (Å²) in [6.45, 7) is 0. The third-order valence-electron chi connectivity index (χ3n) is 1.30. The molecule has 0 saturated heterocycles. The molecule has 0 aromatic carbocycles. The van der Waals surface area contributed by atoms with Gasteiger partial charge in [0.25, 0.3) is 0 Å². The second-order valence-corrected chi connectivity index (χ2v) is 3.89. The molecule has 0 spiro atoms. The summed E-state index contributed by atoms with van der Waals surface area (Å²) >= 11 is 3.15. The maximum Gasteiger partial charge on any atom is 0.180 e. The first-order valence-corrected chi connectivity index (χ1v) is 4.87. The SMILES string of the molecule is Nc1nc(-c2cccs2)cs1.[Br-]. The first-order chi connectivity index (χ1) is 5.36. The van der Waals surface area contributed by atoms with Crippen LogP contribution in [-0.4, -0.2) is 4.98 Å². The third kappa shape index (κ3) is 1.85. The average Bonchev–Trinajstić information content (AvgIpc) is 2.55. The second-order valence-electron chi connectivity index (χ2n) is 2.05. The van der Waals surface area contributed by atoms with E-state index in [0.29, 0.717) is 5.13 Å². The van der Waals surface area contributed by atoms with Crippen LogP contribution in [0.4, 0.5) is 5.13 Å². The van der Waals surface area contributed by atoms with Crippen molar-refractivity contribution in [3.05, 3.63) is 22.9 Å². The number of aromatic nitrogens is 1. The molecule has 5 heteroatoms. The molecule has 12 heavy (non-hydrogen) atoms. The van der Waals surface area contributed by atoms with Crippen LogP contribution in [0.25, 0.3) is 10.6 Å². The first kappa shape index (κ1) is 9.70. The van der Waals surface area contributed by atoms with Crippen molar-refractivity contribution in [2.24, 2.45) is 0 Å². The van der Waals surface area contributed by atoms with Crippen LogP contribution in [0.2, 0.25) is 0 Å². The van der Waals surface area contributed by atoms with Gasteiger partial charge in [-0.3, -0.25) is 0 Å². The van der Waals surface area contributed by atoms with Crippen LogP contribution in [-0.2, 0) is 0 Å². The number of anilines is 1. The molecule has 0 aliphatic heterocycles. The maximum atomic E-state index is 5.50. The van der Waals surface area contributed by atoms with Gasteiger partial charge < -0.3 is 22.7 Å². The Hall–Kier alpha value is -0.390. The molecule has 0 amide bonds. The van der Waals surface area contributed by atoms with Gasteiger partial charge in [0, 0.05) is 5.38 Å². The highest BCUT2D eigenvalue weighted by atomic mass is 79.9. The lowest BCUT2D eigenvalue weighted by Crippen LogP contribution is -3.00. The molecule has 0 aliphatic carbocycles. The van der Waals surface area contributed by atoms with E-state index >= 15 is 0 Å². The summed E-state index contributed by atoms with van der Waals surface area (Å²) in [5.74, 6) is 0. The molecular weight excluding hydrogens is 256 g/mol. The van der Waals surface area contributed by atoms with E-state index in [1.807, 2.05) is 22.9 Å². The molecule has 0 radical (unpaired) electrons. The highest BCUT2D eigenvalue weighted by molar-refractivity contribution is 7.15. The van der Waals surface area contributed by atoms with Crippen molar-refractivity contribution in [3.8, 4) is 10.6 Å². The minimum Gasteiger partial charge on any atom is -1.00 e. The zero-order chi connectivity index (χ0) is 7.68. The van der Waals surface area contributed by atoms with Crippen LogP contribution >= 0.6 is 22.7 Å². The zero-order valence-corrected chi connectivity index (χ0v) is 9.25. The second kappa shape index (κ2) is 4.02. The molecule has 2 nitrogen and oxygen atoms in total. The van der Waals surface area contributed by atoms with Crippen LogP contribution in [0.1, 0.15) is 0 Å². The van der Waals surface area contributed by atoms with Crippen LogP contribution in [0.3, 0.4) is 0 Å². The molecular formula is C7H6BrN2S2-. The van der Waals surface area contributed by atoms with E-state index in [-0.39, 0.29) is 17.0 Å². The van der Waals surface area contributed by atoms with E-state index in [1.54, 1.807) is 11.3 Å². The summed E-state index contributed by atoms with van der Waals surface area (Å²) in [5, 5.41) is 4.64. The van der Waals surface area contributed by atoms with Crippen LogP contribution in [0, 0.1) is 0 Å². The molecule has 2 aromatic heterocycles. The van der Waals surface area contributed by atoms with Crippen molar-refractivity contribution < 1.29 is 17.0 Å². The van der Waals surface area contributed by atoms with E-state index in [9.17, 15) is 0 Å². The summed E-state index contributed by atoms with van der Waals surface area (Å²) in [6, 6.07) is 4.05. The van der Waals surface area contributed by atoms with Gasteiger partial charge in [0.1, 0.15) is 0 Å². The fourth-order valence-corrected chi connectivity index (χ4v) is 2.15. The molecule has 64 valence electrons. The molecule has 0 fully saturated rings. The van der Waals surface area contributed by atoms with Crippen molar-refractivity contribution in [1.29, 1.82) is 0 Å². The van der Waals surface area contributed by atoms with E-state index in [4.69, 9.17) is 5.73 Å². The summed E-state index contributed by atoms with van der Waals surface area (Å²) in [6.07, 6.45) is 0. The molecule has 2 heterocycles. The topological polar surface area (TPSA) is 38.9 Å². The van der Waals surface area contributed by atoms with E-state index < -0.39 is 0 Å². The summed E-state index contributed by atoms with van der Waals surface area (Å²) in [7, 11) is 0. The minimum atomic E-state index is 0. The Morgan fingerprint density at radius 2 is 2.17 bits per heavy atom. The molecule has 2 rings (SSSR count). The van der Waals surface area contributed by atoms with E-state index in [0.717, 1.165) is 5.69 Å². The lowest BCUT2D eigenvalue weighted by molar-refractivity contribution is -0.00000213. The van der Waals surface area contributed by atoms with Gasteiger partial charge in [-0.05, 0) is 11.4 Å². The molecule has 0 aliphatic rings. The normalized spacial score (nSPS) is 9.33. The number of nitrogens with two attached hydrogens (primary N) is 1. The van der Waals surface area contributed by atoms with Crippen molar-refractivity contribution in [3.63, 3.8) is 0 Å². The lowest BCUT2D eigenvalue weighted by atomic mass is 10.4. The number of hydrogen-bond donors (Lipinski definition) is 1. The van der Waals surface area contributed by atoms with Gasteiger partial charge in [0.15, 0.2) is 5.13 Å². The number of nitrogens with zero attached hydrogens (tertiary/aromatic N) is 1. The molecule has 2 aromatic rings. The summed E-state index contributed by atoms with van der Waals surface area (Å²) < 4.78 is 0. The fraction of sp³-hybridized carbons (Fsp3) is 0. The van der Waals surface area contributed by atoms with Crippen LogP contribution in [0.15, 0.2) is 22.9 Å². The quantitative estimate of drug-likeness (QED) is 0.749. The Labute approximate surface area is 88.8 Å². The number of rotatable bonds is 1. The van der Waals surface area contributed by atoms with Crippen LogP contribution < -0.4 is 22.7 Å². The molecule has 2 N–H and O–H groups in total. The van der Waals surface area contributed by atoms with Crippen molar-refractivity contribution in [2.45, 2.75) is 0 Å². The Balaban J connectivity index is 0.000000720. The number of nitrogen functional groups attached to an aromatic ring is 1. The largest absolute Gasteiger partial charge is 1.00 e. The number of thiophene rings is 1. The Morgan fingerprint density at radius 1 is 1.33 bits per heavy atom. The van der Waals surface area contributed by atoms with E-state index in [2.05, 4.69) is 4.98 Å². The number of hydrogen-bond acceptors (Lipinski definition) is 4. The first-order valence-electron chi connectivity index (χ1n) is 3.11. The van der Waals surface area contributed by atoms with Gasteiger partial charge in [-0.15, -0.1) is 22.7 Å². The highest BCUT2D eigenvalue weighted by Gasteiger charge is 2.01. The van der Waals surface area contributed by atoms with Gasteiger partial charge >= 0.3 is 0 Å². The highest BCUT2D eigenvalue weighted by Crippen LogP contribution is 2.26. The van der Waals surface area contributed by atoms with E-state index in [1.165, 1.54) is 16.2 Å². The van der Waals surface area contributed by atoms with Gasteiger partial charge in [0.2, 0.25) is 0 Å². The zero-order valence-electron chi connectivity index (χ0n) is 6.03. The Morgan fingerprint density at radius 3 is 2.67 bits per heavy atom. The third-order valence-corrected chi connectivity index (χ3v) is 2.86. The number of thiazole rings is 1. The average molecular weight is 262 g/mol. The van der Waals surface area contributed by atoms with Gasteiger partial charge in [-0.25, -0.2) is 4.98 Å². The number of halogens is 1. The van der Waals surface area contributed by atoms with Crippen molar-refractivity contribution in [2.75, 3.05) is 5.73 Å². The summed E-state index contributed by atoms with van der Waals surface area (Å²) in [5.41, 5.74) is 6.49. The van der Waals surface area contributed by atoms with Crippen molar-refractivity contribution >= 4 is 27.8 Å². The summed E-state index contributed by atoms with van der Waals surface area (Å²) in [4.78, 5) is 5.34. The standard InChI is InChI=1S/C7H6N2S2.BrH/c8-7-9-5(4-11-7)6-2-1-3-10-6;/h1-4H,(H2,8,9);1H/p-1. The lowest BCUT2D eigenvalue weighted by Gasteiger charge is -1.84. The monoisotopic (exact) mass is 261 g/mol. The molecule has 0 unspecified atom stereocenters. The Bertz CT molecular complexity index is 342. The van der Waals surface area contributed by atoms with Gasteiger partial charge in [-0.1, -0.05) is 6.07 Å². The van der Waals surface area contributed by atoms with Gasteiger partial charge in [0.05, 0.1) is 10.6 Å². The maximum absolute atomic E-state index is 5.50. The predicted molar refractivity (Wildman–Crippen MR) is 49.8 cm³/mol. The van der Waals surface area contributed by atoms with Crippen molar-refractivity contribution in [1.82, 2.24) is 4.98 Å². The smallest absolute Gasteiger partial charge is 0.180 e. The Kier molecular flexibility index (Phi) is 3.25. The predicted octanol–water partition coefficient (Wildman–Crippen LogP) is -0.542. The fourth-order valence-electron chi connectivity index (χ4n) is 0.825. The molecule has 0 saturated carbocycles. The minimum absolute atomic E-state index is 0.